The van der Waals surface area contributed by atoms with E-state index < -0.39 is 11.9 Å². The Balaban J connectivity index is 2.09. The van der Waals surface area contributed by atoms with Crippen molar-refractivity contribution in [2.45, 2.75) is 26.3 Å². The van der Waals surface area contributed by atoms with Crippen molar-refractivity contribution in [3.8, 4) is 11.3 Å². The van der Waals surface area contributed by atoms with E-state index in [1.54, 1.807) is 6.07 Å². The summed E-state index contributed by atoms with van der Waals surface area (Å²) < 4.78 is 19.0. The normalized spacial score (nSPS) is 12.4. The van der Waals surface area contributed by atoms with Gasteiger partial charge in [-0.2, -0.15) is 0 Å². The molecule has 3 N–H and O–H groups in total. The lowest BCUT2D eigenvalue weighted by Gasteiger charge is -2.14. The Morgan fingerprint density at radius 3 is 2.81 bits per heavy atom. The molecule has 112 valence electrons. The molecule has 0 aliphatic heterocycles. The Hall–Kier alpha value is -2.21. The van der Waals surface area contributed by atoms with Crippen LogP contribution in [0.4, 0.5) is 10.1 Å². The van der Waals surface area contributed by atoms with Crippen molar-refractivity contribution in [2.24, 2.45) is 11.7 Å². The maximum atomic E-state index is 14.0. The first kappa shape index (κ1) is 15.2. The number of rotatable bonds is 5. The van der Waals surface area contributed by atoms with Gasteiger partial charge in [0.05, 0.1) is 17.8 Å². The second-order valence-corrected chi connectivity index (χ2v) is 5.29. The van der Waals surface area contributed by atoms with E-state index in [1.165, 1.54) is 24.7 Å². The van der Waals surface area contributed by atoms with Gasteiger partial charge in [-0.25, -0.2) is 9.37 Å². The number of hydrogen-bond donors (Lipinski definition) is 2. The van der Waals surface area contributed by atoms with Crippen molar-refractivity contribution in [3.05, 3.63) is 36.6 Å². The summed E-state index contributed by atoms with van der Waals surface area (Å²) in [6, 6.07) is 3.75. The number of nitrogens with zero attached hydrogens (tertiary/aromatic N) is 1. The molecule has 0 fully saturated rings. The molecule has 1 atom stereocenters. The standard InChI is InChI=1S/C15H18FN3O2/c1-9(2)5-13(17)15(20)19-10-3-4-11(12(16)6-10)14-7-18-8-21-14/h3-4,6-9,13H,5,17H2,1-2H3,(H,19,20). The van der Waals surface area contributed by atoms with Crippen molar-refractivity contribution in [2.75, 3.05) is 5.32 Å². The van der Waals surface area contributed by atoms with Gasteiger partial charge < -0.3 is 15.5 Å². The largest absolute Gasteiger partial charge is 0.443 e. The van der Waals surface area contributed by atoms with Crippen molar-refractivity contribution >= 4 is 11.6 Å². The molecule has 2 rings (SSSR count). The third kappa shape index (κ3) is 3.88. The Morgan fingerprint density at radius 2 is 2.24 bits per heavy atom. The zero-order chi connectivity index (χ0) is 15.4. The molecule has 6 heteroatoms. The third-order valence-corrected chi connectivity index (χ3v) is 3.00. The number of nitrogens with one attached hydrogen (secondary N) is 1. The van der Waals surface area contributed by atoms with Crippen LogP contribution in [-0.2, 0) is 4.79 Å². The molecule has 0 saturated carbocycles. The molecule has 1 aromatic carbocycles. The monoisotopic (exact) mass is 291 g/mol. The first-order valence-corrected chi connectivity index (χ1v) is 6.72. The van der Waals surface area contributed by atoms with Crippen molar-refractivity contribution in [3.63, 3.8) is 0 Å². The molecule has 21 heavy (non-hydrogen) atoms. The van der Waals surface area contributed by atoms with E-state index in [2.05, 4.69) is 10.3 Å². The molecule has 0 radical (unpaired) electrons. The maximum absolute atomic E-state index is 14.0. The van der Waals surface area contributed by atoms with Gasteiger partial charge in [-0.05, 0) is 30.5 Å². The number of nitrogens with two attached hydrogens (primary N) is 1. The quantitative estimate of drug-likeness (QED) is 0.887. The molecule has 1 aromatic heterocycles. The Morgan fingerprint density at radius 1 is 1.48 bits per heavy atom. The number of carbonyl (C=O) groups excluding carboxylic acids is 1. The maximum Gasteiger partial charge on any atom is 0.241 e. The lowest BCUT2D eigenvalue weighted by molar-refractivity contribution is -0.117. The molecule has 0 aliphatic carbocycles. The summed E-state index contributed by atoms with van der Waals surface area (Å²) in [5.74, 6) is -0.171. The molecule has 1 amide bonds. The topological polar surface area (TPSA) is 81.2 Å². The minimum atomic E-state index is -0.609. The molecular formula is C15H18FN3O2. The number of halogens is 1. The smallest absolute Gasteiger partial charge is 0.241 e. The highest BCUT2D eigenvalue weighted by molar-refractivity contribution is 5.94. The fourth-order valence-electron chi connectivity index (χ4n) is 1.99. The van der Waals surface area contributed by atoms with Crippen LogP contribution in [0.2, 0.25) is 0 Å². The lowest BCUT2D eigenvalue weighted by atomic mass is 10.0. The number of amides is 1. The van der Waals surface area contributed by atoms with Gasteiger partial charge in [0.25, 0.3) is 0 Å². The van der Waals surface area contributed by atoms with Crippen molar-refractivity contribution < 1.29 is 13.6 Å². The Bertz CT molecular complexity index is 611. The van der Waals surface area contributed by atoms with Crippen LogP contribution < -0.4 is 11.1 Å². The summed E-state index contributed by atoms with van der Waals surface area (Å²) in [4.78, 5) is 15.6. The predicted molar refractivity (Wildman–Crippen MR) is 78.0 cm³/mol. The van der Waals surface area contributed by atoms with E-state index in [0.717, 1.165) is 0 Å². The van der Waals surface area contributed by atoms with Crippen LogP contribution in [0.5, 0.6) is 0 Å². The summed E-state index contributed by atoms with van der Waals surface area (Å²) in [5.41, 5.74) is 6.43. The minimum Gasteiger partial charge on any atom is -0.443 e. The average molecular weight is 291 g/mol. The molecule has 1 heterocycles. The molecule has 0 saturated heterocycles. The minimum absolute atomic E-state index is 0.289. The van der Waals surface area contributed by atoms with Crippen LogP contribution in [-0.4, -0.2) is 16.9 Å². The van der Waals surface area contributed by atoms with Crippen LogP contribution in [0, 0.1) is 11.7 Å². The van der Waals surface area contributed by atoms with E-state index in [9.17, 15) is 9.18 Å². The van der Waals surface area contributed by atoms with Gasteiger partial charge in [0.15, 0.2) is 12.2 Å². The zero-order valence-corrected chi connectivity index (χ0v) is 12.0. The molecule has 1 unspecified atom stereocenters. The van der Waals surface area contributed by atoms with Gasteiger partial charge in [0.1, 0.15) is 5.82 Å². The van der Waals surface area contributed by atoms with Crippen LogP contribution in [0.25, 0.3) is 11.3 Å². The average Bonchev–Trinajstić information content (AvgIpc) is 2.91. The van der Waals surface area contributed by atoms with E-state index in [-0.39, 0.29) is 11.5 Å². The number of hydrogen-bond acceptors (Lipinski definition) is 4. The molecule has 0 bridgehead atoms. The summed E-state index contributed by atoms with van der Waals surface area (Å²) in [5, 5.41) is 2.61. The highest BCUT2D eigenvalue weighted by atomic mass is 19.1. The highest BCUT2D eigenvalue weighted by Gasteiger charge is 2.16. The zero-order valence-electron chi connectivity index (χ0n) is 12.0. The fraction of sp³-hybridized carbons (Fsp3) is 0.333. The lowest BCUT2D eigenvalue weighted by Crippen LogP contribution is -2.36. The predicted octanol–water partition coefficient (Wildman–Crippen LogP) is 2.79. The molecule has 5 nitrogen and oxygen atoms in total. The first-order valence-electron chi connectivity index (χ1n) is 6.72. The van der Waals surface area contributed by atoms with Gasteiger partial charge >= 0.3 is 0 Å². The molecular weight excluding hydrogens is 273 g/mol. The second kappa shape index (κ2) is 6.49. The van der Waals surface area contributed by atoms with Crippen molar-refractivity contribution in [1.82, 2.24) is 4.98 Å². The van der Waals surface area contributed by atoms with Gasteiger partial charge in [-0.3, -0.25) is 4.79 Å². The summed E-state index contributed by atoms with van der Waals surface area (Å²) in [7, 11) is 0. The SMILES string of the molecule is CC(C)CC(N)C(=O)Nc1ccc(-c2cnco2)c(F)c1. The van der Waals surface area contributed by atoms with E-state index >= 15 is 0 Å². The van der Waals surface area contributed by atoms with Crippen LogP contribution in [0.3, 0.4) is 0 Å². The Kier molecular flexibility index (Phi) is 4.70. The second-order valence-electron chi connectivity index (χ2n) is 5.29. The highest BCUT2D eigenvalue weighted by Crippen LogP contribution is 2.25. The number of aromatic nitrogens is 1. The third-order valence-electron chi connectivity index (χ3n) is 3.00. The van der Waals surface area contributed by atoms with Gasteiger partial charge in [0.2, 0.25) is 5.91 Å². The van der Waals surface area contributed by atoms with Crippen LogP contribution in [0.1, 0.15) is 20.3 Å². The van der Waals surface area contributed by atoms with Crippen molar-refractivity contribution in [1.29, 1.82) is 0 Å². The summed E-state index contributed by atoms with van der Waals surface area (Å²) in [6.45, 7) is 3.97. The molecule has 0 aliphatic rings. The Labute approximate surface area is 122 Å². The molecule has 2 aromatic rings. The van der Waals surface area contributed by atoms with E-state index in [1.807, 2.05) is 13.8 Å². The number of anilines is 1. The number of oxazole rings is 1. The van der Waals surface area contributed by atoms with E-state index in [0.29, 0.717) is 23.8 Å². The first-order chi connectivity index (χ1) is 9.97. The van der Waals surface area contributed by atoms with Gasteiger partial charge in [-0.1, -0.05) is 13.8 Å². The van der Waals surface area contributed by atoms with Gasteiger partial charge in [-0.15, -0.1) is 0 Å². The number of benzene rings is 1. The summed E-state index contributed by atoms with van der Waals surface area (Å²) >= 11 is 0. The van der Waals surface area contributed by atoms with Crippen LogP contribution >= 0.6 is 0 Å². The molecule has 0 spiro atoms. The van der Waals surface area contributed by atoms with E-state index in [4.69, 9.17) is 10.2 Å². The van der Waals surface area contributed by atoms with Gasteiger partial charge in [0, 0.05) is 5.69 Å². The number of carbonyl (C=O) groups is 1. The van der Waals surface area contributed by atoms with Crippen LogP contribution in [0.15, 0.2) is 35.2 Å². The summed E-state index contributed by atoms with van der Waals surface area (Å²) in [6.07, 6.45) is 3.23. The fourth-order valence-corrected chi connectivity index (χ4v) is 1.99.